The molecule has 0 aliphatic rings. The molecular formula is C10H16O3. The van der Waals surface area contributed by atoms with Gasteiger partial charge in [-0.05, 0) is 12.8 Å². The van der Waals surface area contributed by atoms with Gasteiger partial charge in [0.2, 0.25) is 0 Å². The Bertz CT molecular complexity index is 185. The van der Waals surface area contributed by atoms with Crippen LogP contribution in [0.3, 0.4) is 0 Å². The van der Waals surface area contributed by atoms with E-state index >= 15 is 0 Å². The van der Waals surface area contributed by atoms with Gasteiger partial charge in [0, 0.05) is 6.42 Å². The molecule has 3 heteroatoms. The van der Waals surface area contributed by atoms with Crippen LogP contribution >= 0.6 is 0 Å². The monoisotopic (exact) mass is 184 g/mol. The zero-order chi connectivity index (χ0) is 10.1. The van der Waals surface area contributed by atoms with Gasteiger partial charge in [0.05, 0.1) is 6.61 Å². The number of hydrogen-bond acceptors (Lipinski definition) is 3. The maximum Gasteiger partial charge on any atom is 0.313 e. The van der Waals surface area contributed by atoms with Crippen molar-refractivity contribution in [2.45, 2.75) is 32.6 Å². The van der Waals surface area contributed by atoms with Crippen molar-refractivity contribution in [1.82, 2.24) is 0 Å². The van der Waals surface area contributed by atoms with Crippen LogP contribution in [-0.4, -0.2) is 18.4 Å². The summed E-state index contributed by atoms with van der Waals surface area (Å²) < 4.78 is 4.76. The maximum atomic E-state index is 11.0. The van der Waals surface area contributed by atoms with Gasteiger partial charge in [-0.25, -0.2) is 0 Å². The van der Waals surface area contributed by atoms with Gasteiger partial charge in [0.25, 0.3) is 0 Å². The van der Waals surface area contributed by atoms with Gasteiger partial charge in [-0.2, -0.15) is 0 Å². The molecule has 0 unspecified atom stereocenters. The normalized spacial score (nSPS) is 9.31. The smallest absolute Gasteiger partial charge is 0.313 e. The fourth-order valence-electron chi connectivity index (χ4n) is 0.779. The first-order chi connectivity index (χ1) is 6.20. The van der Waals surface area contributed by atoms with Crippen LogP contribution in [0.15, 0.2) is 12.7 Å². The van der Waals surface area contributed by atoms with Crippen molar-refractivity contribution in [1.29, 1.82) is 0 Å². The molecule has 0 amide bonds. The number of ether oxygens (including phenoxy) is 1. The van der Waals surface area contributed by atoms with Crippen molar-refractivity contribution in [2.24, 2.45) is 0 Å². The molecule has 0 rings (SSSR count). The second-order valence-corrected chi connectivity index (χ2v) is 2.76. The highest BCUT2D eigenvalue weighted by molar-refractivity contribution is 5.95. The molecule has 0 aromatic carbocycles. The number of esters is 1. The first-order valence-electron chi connectivity index (χ1n) is 4.49. The summed E-state index contributed by atoms with van der Waals surface area (Å²) in [7, 11) is 0. The lowest BCUT2D eigenvalue weighted by Crippen LogP contribution is -2.11. The van der Waals surface area contributed by atoms with Gasteiger partial charge in [0.15, 0.2) is 0 Å². The van der Waals surface area contributed by atoms with E-state index in [1.807, 2.05) is 6.92 Å². The molecule has 0 fully saturated rings. The van der Waals surface area contributed by atoms with E-state index < -0.39 is 5.97 Å². The Balaban J connectivity index is 3.53. The van der Waals surface area contributed by atoms with Crippen molar-refractivity contribution in [3.63, 3.8) is 0 Å². The fraction of sp³-hybridized carbons (Fsp3) is 0.600. The van der Waals surface area contributed by atoms with E-state index in [1.165, 1.54) is 0 Å². The maximum absolute atomic E-state index is 11.0. The van der Waals surface area contributed by atoms with E-state index in [2.05, 4.69) is 6.58 Å². The predicted molar refractivity (Wildman–Crippen MR) is 50.3 cm³/mol. The number of ketones is 1. The third-order valence-electron chi connectivity index (χ3n) is 1.44. The lowest BCUT2D eigenvalue weighted by molar-refractivity contribution is -0.146. The summed E-state index contributed by atoms with van der Waals surface area (Å²) in [5.41, 5.74) is 0. The van der Waals surface area contributed by atoms with Gasteiger partial charge in [-0.15, -0.1) is 6.58 Å². The summed E-state index contributed by atoms with van der Waals surface area (Å²) in [6.45, 7) is 5.80. The molecule has 3 nitrogen and oxygen atoms in total. The summed E-state index contributed by atoms with van der Waals surface area (Å²) >= 11 is 0. The molecule has 0 aliphatic heterocycles. The molecule has 0 aromatic rings. The summed E-state index contributed by atoms with van der Waals surface area (Å²) in [6, 6.07) is 0. The van der Waals surface area contributed by atoms with Crippen LogP contribution < -0.4 is 0 Å². The highest BCUT2D eigenvalue weighted by Gasteiger charge is 2.08. The quantitative estimate of drug-likeness (QED) is 0.344. The highest BCUT2D eigenvalue weighted by Crippen LogP contribution is 1.97. The minimum atomic E-state index is -0.420. The standard InChI is InChI=1S/C10H16O3/c1-3-5-6-9(11)8-10(12)13-7-4-2/h3H,1,4-8H2,2H3. The summed E-state index contributed by atoms with van der Waals surface area (Å²) in [5.74, 6) is -0.503. The van der Waals surface area contributed by atoms with E-state index in [1.54, 1.807) is 6.08 Å². The molecule has 74 valence electrons. The number of rotatable bonds is 7. The van der Waals surface area contributed by atoms with E-state index in [0.717, 1.165) is 6.42 Å². The molecule has 0 spiro atoms. The zero-order valence-electron chi connectivity index (χ0n) is 8.04. The number of carbonyl (C=O) groups is 2. The molecular weight excluding hydrogens is 168 g/mol. The molecule has 0 saturated heterocycles. The average Bonchev–Trinajstić information content (AvgIpc) is 2.11. The van der Waals surface area contributed by atoms with Crippen LogP contribution in [0, 0.1) is 0 Å². The number of Topliss-reactive ketones (excluding diaryl/α,β-unsaturated/α-hetero) is 1. The average molecular weight is 184 g/mol. The Morgan fingerprint density at radius 2 is 2.15 bits per heavy atom. The van der Waals surface area contributed by atoms with Crippen molar-refractivity contribution >= 4 is 11.8 Å². The van der Waals surface area contributed by atoms with Crippen LogP contribution in [0.25, 0.3) is 0 Å². The van der Waals surface area contributed by atoms with Gasteiger partial charge in [-0.1, -0.05) is 13.0 Å². The molecule has 13 heavy (non-hydrogen) atoms. The number of hydrogen-bond donors (Lipinski definition) is 0. The molecule has 0 bridgehead atoms. The van der Waals surface area contributed by atoms with E-state index in [-0.39, 0.29) is 12.2 Å². The molecule has 0 saturated carbocycles. The van der Waals surface area contributed by atoms with E-state index in [9.17, 15) is 9.59 Å². The summed E-state index contributed by atoms with van der Waals surface area (Å²) in [6.07, 6.45) is 3.35. The second kappa shape index (κ2) is 7.53. The zero-order valence-corrected chi connectivity index (χ0v) is 8.04. The number of carbonyl (C=O) groups excluding carboxylic acids is 2. The largest absolute Gasteiger partial charge is 0.465 e. The van der Waals surface area contributed by atoms with Gasteiger partial charge in [-0.3, -0.25) is 9.59 Å². The Labute approximate surface area is 78.8 Å². The fourth-order valence-corrected chi connectivity index (χ4v) is 0.779. The SMILES string of the molecule is C=CCCC(=O)CC(=O)OCCC. The lowest BCUT2D eigenvalue weighted by Gasteiger charge is -2.01. The van der Waals surface area contributed by atoms with Crippen LogP contribution in [-0.2, 0) is 14.3 Å². The molecule has 0 N–H and O–H groups in total. The third kappa shape index (κ3) is 7.25. The van der Waals surface area contributed by atoms with Crippen molar-refractivity contribution in [3.05, 3.63) is 12.7 Å². The Hall–Kier alpha value is -1.12. The van der Waals surface area contributed by atoms with E-state index in [0.29, 0.717) is 19.4 Å². The molecule has 0 aromatic heterocycles. The Kier molecular flexibility index (Phi) is 6.88. The first kappa shape index (κ1) is 11.9. The minimum absolute atomic E-state index is 0.0824. The lowest BCUT2D eigenvalue weighted by atomic mass is 10.2. The van der Waals surface area contributed by atoms with Crippen LogP contribution in [0.1, 0.15) is 32.6 Å². The van der Waals surface area contributed by atoms with Crippen molar-refractivity contribution in [3.8, 4) is 0 Å². The summed E-state index contributed by atoms with van der Waals surface area (Å²) in [4.78, 5) is 21.9. The minimum Gasteiger partial charge on any atom is -0.465 e. The van der Waals surface area contributed by atoms with Crippen molar-refractivity contribution in [2.75, 3.05) is 6.61 Å². The van der Waals surface area contributed by atoms with Gasteiger partial charge >= 0.3 is 5.97 Å². The molecule has 0 aliphatic carbocycles. The number of allylic oxidation sites excluding steroid dienone is 1. The first-order valence-corrected chi connectivity index (χ1v) is 4.49. The van der Waals surface area contributed by atoms with Crippen LogP contribution in [0.4, 0.5) is 0 Å². The predicted octanol–water partition coefficient (Wildman–Crippen LogP) is 1.86. The van der Waals surface area contributed by atoms with E-state index in [4.69, 9.17) is 4.74 Å². The van der Waals surface area contributed by atoms with Crippen molar-refractivity contribution < 1.29 is 14.3 Å². The topological polar surface area (TPSA) is 43.4 Å². The van der Waals surface area contributed by atoms with Crippen LogP contribution in [0.5, 0.6) is 0 Å². The third-order valence-corrected chi connectivity index (χ3v) is 1.44. The van der Waals surface area contributed by atoms with Gasteiger partial charge in [0.1, 0.15) is 12.2 Å². The Morgan fingerprint density at radius 1 is 1.46 bits per heavy atom. The summed E-state index contributed by atoms with van der Waals surface area (Å²) in [5, 5.41) is 0. The molecule has 0 radical (unpaired) electrons. The molecule has 0 heterocycles. The van der Waals surface area contributed by atoms with Gasteiger partial charge < -0.3 is 4.74 Å². The molecule has 0 atom stereocenters. The Morgan fingerprint density at radius 3 is 2.69 bits per heavy atom. The van der Waals surface area contributed by atoms with Crippen LogP contribution in [0.2, 0.25) is 0 Å². The second-order valence-electron chi connectivity index (χ2n) is 2.76. The highest BCUT2D eigenvalue weighted by atomic mass is 16.5.